The second-order valence-corrected chi connectivity index (χ2v) is 2.80. The molecule has 0 aliphatic carbocycles. The van der Waals surface area contributed by atoms with Crippen molar-refractivity contribution in [3.63, 3.8) is 0 Å². The first-order valence-electron chi connectivity index (χ1n) is 3.74. The van der Waals surface area contributed by atoms with Gasteiger partial charge in [0.2, 0.25) is 0 Å². The zero-order valence-electron chi connectivity index (χ0n) is 6.06. The summed E-state index contributed by atoms with van der Waals surface area (Å²) in [4.78, 5) is 10.0. The van der Waals surface area contributed by atoms with Gasteiger partial charge in [-0.3, -0.25) is 4.79 Å². The lowest BCUT2D eigenvalue weighted by molar-refractivity contribution is -0.135. The van der Waals surface area contributed by atoms with Gasteiger partial charge in [-0.15, -0.1) is 0 Å². The van der Waals surface area contributed by atoms with Gasteiger partial charge in [0.15, 0.2) is 6.29 Å². The summed E-state index contributed by atoms with van der Waals surface area (Å²) in [5.41, 5.74) is 0. The molecule has 2 fully saturated rings. The van der Waals surface area contributed by atoms with Crippen LogP contribution in [0.25, 0.3) is 0 Å². The van der Waals surface area contributed by atoms with E-state index in [2.05, 4.69) is 0 Å². The van der Waals surface area contributed by atoms with E-state index in [-0.39, 0.29) is 18.3 Å². The second kappa shape index (κ2) is 2.79. The summed E-state index contributed by atoms with van der Waals surface area (Å²) in [6, 6.07) is 0. The average molecular weight is 158 g/mol. The lowest BCUT2D eigenvalue weighted by Gasteiger charge is -2.11. The highest BCUT2D eigenvalue weighted by Crippen LogP contribution is 2.32. The molecular formula is C7H10O4. The average Bonchev–Trinajstić information content (AvgIpc) is 2.53. The molecule has 2 saturated heterocycles. The molecule has 0 radical (unpaired) electrons. The van der Waals surface area contributed by atoms with E-state index in [1.165, 1.54) is 0 Å². The van der Waals surface area contributed by atoms with Crippen LogP contribution in [0.4, 0.5) is 0 Å². The molecule has 4 heteroatoms. The van der Waals surface area contributed by atoms with E-state index in [9.17, 15) is 4.79 Å². The fourth-order valence-corrected chi connectivity index (χ4v) is 1.64. The quantitative estimate of drug-likeness (QED) is 0.527. The van der Waals surface area contributed by atoms with Crippen molar-refractivity contribution in [1.29, 1.82) is 0 Å². The minimum absolute atomic E-state index is 0.0833. The standard InChI is InChI=1S/C7H10O4/c8-4-11-6-3-10-7-5(6)1-2-9-7/h4-7H,1-3H2/t5-,6?,7?/m1/s1. The van der Waals surface area contributed by atoms with Crippen LogP contribution in [-0.2, 0) is 19.0 Å². The van der Waals surface area contributed by atoms with Crippen LogP contribution in [0, 0.1) is 5.92 Å². The van der Waals surface area contributed by atoms with Gasteiger partial charge in [0.05, 0.1) is 19.1 Å². The van der Waals surface area contributed by atoms with Crippen LogP contribution in [0.3, 0.4) is 0 Å². The summed E-state index contributed by atoms with van der Waals surface area (Å²) < 4.78 is 15.3. The Morgan fingerprint density at radius 3 is 3.18 bits per heavy atom. The third-order valence-electron chi connectivity index (χ3n) is 2.22. The molecule has 2 aliphatic heterocycles. The van der Waals surface area contributed by atoms with Crippen molar-refractivity contribution in [2.75, 3.05) is 13.2 Å². The molecule has 11 heavy (non-hydrogen) atoms. The van der Waals surface area contributed by atoms with Crippen LogP contribution in [0.1, 0.15) is 6.42 Å². The smallest absolute Gasteiger partial charge is 0.293 e. The molecular weight excluding hydrogens is 148 g/mol. The summed E-state index contributed by atoms with van der Waals surface area (Å²) in [5, 5.41) is 0. The Balaban J connectivity index is 1.97. The first kappa shape index (κ1) is 7.06. The summed E-state index contributed by atoms with van der Waals surface area (Å²) in [6.45, 7) is 1.68. The zero-order chi connectivity index (χ0) is 7.68. The second-order valence-electron chi connectivity index (χ2n) is 2.80. The molecule has 2 unspecified atom stereocenters. The summed E-state index contributed by atoms with van der Waals surface area (Å²) in [6.07, 6.45) is 0.725. The molecule has 2 aliphatic rings. The number of hydrogen-bond acceptors (Lipinski definition) is 4. The van der Waals surface area contributed by atoms with E-state index in [1.54, 1.807) is 0 Å². The van der Waals surface area contributed by atoms with Crippen molar-refractivity contribution in [2.24, 2.45) is 5.92 Å². The Labute approximate surface area is 64.4 Å². The fourth-order valence-electron chi connectivity index (χ4n) is 1.64. The van der Waals surface area contributed by atoms with Crippen molar-refractivity contribution < 1.29 is 19.0 Å². The number of ether oxygens (including phenoxy) is 3. The molecule has 3 atom stereocenters. The lowest BCUT2D eigenvalue weighted by Crippen LogP contribution is -2.22. The molecule has 0 saturated carbocycles. The molecule has 0 aromatic rings. The van der Waals surface area contributed by atoms with Crippen molar-refractivity contribution in [3.8, 4) is 0 Å². The Morgan fingerprint density at radius 2 is 2.36 bits per heavy atom. The van der Waals surface area contributed by atoms with Crippen LogP contribution in [-0.4, -0.2) is 32.1 Å². The summed E-state index contributed by atoms with van der Waals surface area (Å²) in [5.74, 6) is 0.264. The molecule has 0 aromatic heterocycles. The maximum absolute atomic E-state index is 10.0. The van der Waals surface area contributed by atoms with Gasteiger partial charge in [-0.05, 0) is 6.42 Å². The number of hydrogen-bond donors (Lipinski definition) is 0. The lowest BCUT2D eigenvalue weighted by atomic mass is 10.0. The third kappa shape index (κ3) is 1.12. The van der Waals surface area contributed by atoms with Crippen LogP contribution < -0.4 is 0 Å². The van der Waals surface area contributed by atoms with E-state index >= 15 is 0 Å². The fraction of sp³-hybridized carbons (Fsp3) is 0.857. The third-order valence-corrected chi connectivity index (χ3v) is 2.22. The molecule has 2 heterocycles. The molecule has 0 amide bonds. The maximum Gasteiger partial charge on any atom is 0.293 e. The van der Waals surface area contributed by atoms with Gasteiger partial charge in [-0.1, -0.05) is 0 Å². The Bertz CT molecular complexity index is 159. The largest absolute Gasteiger partial charge is 0.462 e. The topological polar surface area (TPSA) is 44.8 Å². The Hall–Kier alpha value is -0.610. The van der Waals surface area contributed by atoms with Crippen molar-refractivity contribution in [2.45, 2.75) is 18.8 Å². The summed E-state index contributed by atoms with van der Waals surface area (Å²) >= 11 is 0. The molecule has 0 bridgehead atoms. The van der Waals surface area contributed by atoms with Gasteiger partial charge >= 0.3 is 0 Å². The Morgan fingerprint density at radius 1 is 1.45 bits per heavy atom. The van der Waals surface area contributed by atoms with E-state index in [4.69, 9.17) is 14.2 Å². The van der Waals surface area contributed by atoms with Gasteiger partial charge in [0.1, 0.15) is 6.10 Å². The highest BCUT2D eigenvalue weighted by atomic mass is 16.7. The molecule has 4 nitrogen and oxygen atoms in total. The minimum atomic E-state index is -0.125. The zero-order valence-corrected chi connectivity index (χ0v) is 6.06. The normalized spacial score (nSPS) is 42.0. The predicted octanol–water partition coefficient (Wildman–Crippen LogP) is -0.0792. The molecule has 0 N–H and O–H groups in total. The van der Waals surface area contributed by atoms with Gasteiger partial charge in [-0.25, -0.2) is 0 Å². The molecule has 2 rings (SSSR count). The van der Waals surface area contributed by atoms with Crippen molar-refractivity contribution in [3.05, 3.63) is 0 Å². The van der Waals surface area contributed by atoms with Gasteiger partial charge in [0, 0.05) is 0 Å². The minimum Gasteiger partial charge on any atom is -0.462 e. The van der Waals surface area contributed by atoms with Gasteiger partial charge in [0.25, 0.3) is 6.47 Å². The highest BCUT2D eigenvalue weighted by molar-refractivity contribution is 5.37. The first-order valence-corrected chi connectivity index (χ1v) is 3.74. The van der Waals surface area contributed by atoms with Crippen LogP contribution in [0.2, 0.25) is 0 Å². The predicted molar refractivity (Wildman–Crippen MR) is 34.7 cm³/mol. The highest BCUT2D eigenvalue weighted by Gasteiger charge is 2.42. The van der Waals surface area contributed by atoms with Crippen molar-refractivity contribution >= 4 is 6.47 Å². The van der Waals surface area contributed by atoms with Crippen molar-refractivity contribution in [1.82, 2.24) is 0 Å². The van der Waals surface area contributed by atoms with Crippen LogP contribution in [0.5, 0.6) is 0 Å². The van der Waals surface area contributed by atoms with Gasteiger partial charge < -0.3 is 14.2 Å². The maximum atomic E-state index is 10.0. The molecule has 0 aromatic carbocycles. The summed E-state index contributed by atoms with van der Waals surface area (Å²) in [7, 11) is 0. The van der Waals surface area contributed by atoms with Crippen LogP contribution >= 0.6 is 0 Å². The monoisotopic (exact) mass is 158 g/mol. The van der Waals surface area contributed by atoms with E-state index in [0.29, 0.717) is 19.7 Å². The number of carbonyl (C=O) groups excluding carboxylic acids is 1. The van der Waals surface area contributed by atoms with Crippen LogP contribution in [0.15, 0.2) is 0 Å². The number of rotatable bonds is 2. The van der Waals surface area contributed by atoms with E-state index in [1.807, 2.05) is 0 Å². The molecule has 0 spiro atoms. The van der Waals surface area contributed by atoms with Gasteiger partial charge in [-0.2, -0.15) is 0 Å². The Kier molecular flexibility index (Phi) is 1.79. The SMILES string of the molecule is O=COC1COC2OCC[C@H]12. The van der Waals surface area contributed by atoms with E-state index < -0.39 is 0 Å². The number of fused-ring (bicyclic) bond motifs is 1. The molecule has 62 valence electrons. The number of carbonyl (C=O) groups is 1. The van der Waals surface area contributed by atoms with E-state index in [0.717, 1.165) is 6.42 Å². The first-order chi connectivity index (χ1) is 5.42.